The van der Waals surface area contributed by atoms with Crippen molar-refractivity contribution in [2.75, 3.05) is 31.1 Å². The average Bonchev–Trinajstić information content (AvgIpc) is 2.81. The van der Waals surface area contributed by atoms with Crippen LogP contribution < -0.4 is 15.8 Å². The number of carboxylic acid groups (broad SMARTS) is 1. The fourth-order valence-electron chi connectivity index (χ4n) is 3.67. The number of nitrogens with zero attached hydrogens (tertiary/aromatic N) is 4. The van der Waals surface area contributed by atoms with Gasteiger partial charge < -0.3 is 20.2 Å². The summed E-state index contributed by atoms with van der Waals surface area (Å²) < 4.78 is 1.26. The van der Waals surface area contributed by atoms with Crippen LogP contribution in [-0.4, -0.2) is 57.7 Å². The fourth-order valence-corrected chi connectivity index (χ4v) is 3.99. The zero-order chi connectivity index (χ0) is 23.5. The van der Waals surface area contributed by atoms with Crippen LogP contribution in [-0.2, 0) is 17.9 Å². The number of amides is 2. The summed E-state index contributed by atoms with van der Waals surface area (Å²) in [6, 6.07) is 10.4. The monoisotopic (exact) mass is 489 g/mol. The Balaban J connectivity index is 1.46. The van der Waals surface area contributed by atoms with Crippen LogP contribution in [0.2, 0.25) is 10.0 Å². The van der Waals surface area contributed by atoms with Crippen molar-refractivity contribution >= 4 is 51.8 Å². The van der Waals surface area contributed by atoms with Gasteiger partial charge >= 0.3 is 6.09 Å². The van der Waals surface area contributed by atoms with Crippen LogP contribution in [0.3, 0.4) is 0 Å². The van der Waals surface area contributed by atoms with E-state index in [0.717, 1.165) is 11.3 Å². The summed E-state index contributed by atoms with van der Waals surface area (Å²) in [4.78, 5) is 44.2. The number of fused-ring (bicyclic) bond motifs is 1. The van der Waals surface area contributed by atoms with E-state index >= 15 is 0 Å². The number of benzene rings is 2. The largest absolute Gasteiger partial charge is 0.465 e. The Bertz CT molecular complexity index is 1270. The SMILES string of the molecule is O=C(Cn1cnc2ccc(N3CCN(C(=O)O)CC3)cc2c1=O)NCc1ccc(Cl)c(Cl)c1. The van der Waals surface area contributed by atoms with Gasteiger partial charge in [-0.15, -0.1) is 0 Å². The molecule has 1 saturated heterocycles. The van der Waals surface area contributed by atoms with Gasteiger partial charge in [0.2, 0.25) is 5.91 Å². The van der Waals surface area contributed by atoms with Gasteiger partial charge in [-0.05, 0) is 35.9 Å². The lowest BCUT2D eigenvalue weighted by molar-refractivity contribution is -0.121. The number of piperazine rings is 1. The Morgan fingerprint density at radius 3 is 2.48 bits per heavy atom. The Morgan fingerprint density at radius 1 is 1.03 bits per heavy atom. The van der Waals surface area contributed by atoms with Crippen LogP contribution in [0.1, 0.15) is 5.56 Å². The van der Waals surface area contributed by atoms with E-state index < -0.39 is 6.09 Å². The molecule has 0 aliphatic carbocycles. The zero-order valence-corrected chi connectivity index (χ0v) is 19.0. The van der Waals surface area contributed by atoms with Crippen molar-refractivity contribution in [2.45, 2.75) is 13.1 Å². The maximum atomic E-state index is 13.0. The Morgan fingerprint density at radius 2 is 1.79 bits per heavy atom. The van der Waals surface area contributed by atoms with E-state index in [1.165, 1.54) is 15.8 Å². The topological polar surface area (TPSA) is 108 Å². The van der Waals surface area contributed by atoms with Crippen molar-refractivity contribution in [1.82, 2.24) is 19.8 Å². The maximum Gasteiger partial charge on any atom is 0.407 e. The second-order valence-corrected chi connectivity index (χ2v) is 8.48. The number of aromatic nitrogens is 2. The molecule has 172 valence electrons. The molecular weight excluding hydrogens is 469 g/mol. The molecule has 0 unspecified atom stereocenters. The van der Waals surface area contributed by atoms with Crippen LogP contribution in [0.25, 0.3) is 10.9 Å². The molecule has 0 atom stereocenters. The van der Waals surface area contributed by atoms with Gasteiger partial charge in [0.15, 0.2) is 0 Å². The lowest BCUT2D eigenvalue weighted by Gasteiger charge is -2.34. The van der Waals surface area contributed by atoms with E-state index in [9.17, 15) is 14.4 Å². The summed E-state index contributed by atoms with van der Waals surface area (Å²) in [6.45, 7) is 1.92. The minimum absolute atomic E-state index is 0.176. The van der Waals surface area contributed by atoms with Crippen molar-refractivity contribution < 1.29 is 14.7 Å². The van der Waals surface area contributed by atoms with Crippen molar-refractivity contribution in [2.24, 2.45) is 0 Å². The Kier molecular flexibility index (Phi) is 6.71. The van der Waals surface area contributed by atoms with Gasteiger partial charge in [-0.1, -0.05) is 29.3 Å². The molecule has 2 aromatic carbocycles. The number of hydrogen-bond donors (Lipinski definition) is 2. The molecule has 3 aromatic rings. The number of anilines is 1. The van der Waals surface area contributed by atoms with Gasteiger partial charge in [-0.3, -0.25) is 14.2 Å². The molecule has 0 saturated carbocycles. The molecule has 33 heavy (non-hydrogen) atoms. The molecule has 0 spiro atoms. The molecule has 0 bridgehead atoms. The van der Waals surface area contributed by atoms with Crippen LogP contribution in [0.5, 0.6) is 0 Å². The molecule has 4 rings (SSSR count). The maximum absolute atomic E-state index is 13.0. The smallest absolute Gasteiger partial charge is 0.407 e. The Labute approximate surface area is 199 Å². The normalized spacial score (nSPS) is 13.9. The second kappa shape index (κ2) is 9.68. The van der Waals surface area contributed by atoms with Crippen molar-refractivity contribution in [1.29, 1.82) is 0 Å². The van der Waals surface area contributed by atoms with Crippen LogP contribution in [0, 0.1) is 0 Å². The summed E-state index contributed by atoms with van der Waals surface area (Å²) in [7, 11) is 0. The van der Waals surface area contributed by atoms with Crippen LogP contribution in [0.15, 0.2) is 47.5 Å². The molecular formula is C22H21Cl2N5O4. The number of halogens is 2. The average molecular weight is 490 g/mol. The molecule has 1 fully saturated rings. The highest BCUT2D eigenvalue weighted by atomic mass is 35.5. The van der Waals surface area contributed by atoms with E-state index in [1.807, 2.05) is 11.0 Å². The van der Waals surface area contributed by atoms with E-state index in [-0.39, 0.29) is 24.6 Å². The first kappa shape index (κ1) is 22.9. The lowest BCUT2D eigenvalue weighted by atomic mass is 10.2. The molecule has 11 heteroatoms. The van der Waals surface area contributed by atoms with Gasteiger partial charge in [0.05, 0.1) is 27.3 Å². The molecule has 1 aromatic heterocycles. The van der Waals surface area contributed by atoms with Gasteiger partial charge in [-0.2, -0.15) is 0 Å². The first-order valence-corrected chi connectivity index (χ1v) is 11.0. The number of rotatable bonds is 5. The minimum atomic E-state index is -0.933. The highest BCUT2D eigenvalue weighted by molar-refractivity contribution is 6.42. The zero-order valence-electron chi connectivity index (χ0n) is 17.5. The third-order valence-electron chi connectivity index (χ3n) is 5.51. The number of carbonyl (C=O) groups excluding carboxylic acids is 1. The summed E-state index contributed by atoms with van der Waals surface area (Å²) in [5.74, 6) is -0.342. The summed E-state index contributed by atoms with van der Waals surface area (Å²) >= 11 is 11.9. The minimum Gasteiger partial charge on any atom is -0.465 e. The molecule has 1 aliphatic rings. The summed E-state index contributed by atoms with van der Waals surface area (Å²) in [5, 5.41) is 13.1. The predicted octanol–water partition coefficient (Wildman–Crippen LogP) is 2.82. The molecule has 9 nitrogen and oxygen atoms in total. The van der Waals surface area contributed by atoms with E-state index in [2.05, 4.69) is 10.3 Å². The van der Waals surface area contributed by atoms with Gasteiger partial charge in [0, 0.05) is 38.4 Å². The first-order chi connectivity index (χ1) is 15.8. The predicted molar refractivity (Wildman–Crippen MR) is 126 cm³/mol. The fraction of sp³-hybridized carbons (Fsp3) is 0.273. The third-order valence-corrected chi connectivity index (χ3v) is 6.25. The van der Waals surface area contributed by atoms with Gasteiger partial charge in [-0.25, -0.2) is 9.78 Å². The van der Waals surface area contributed by atoms with E-state index in [4.69, 9.17) is 28.3 Å². The molecule has 2 heterocycles. The van der Waals surface area contributed by atoms with Crippen molar-refractivity contribution in [3.8, 4) is 0 Å². The van der Waals surface area contributed by atoms with Gasteiger partial charge in [0.1, 0.15) is 6.54 Å². The number of hydrogen-bond acceptors (Lipinski definition) is 5. The summed E-state index contributed by atoms with van der Waals surface area (Å²) in [6.07, 6.45) is 0.423. The standard InChI is InChI=1S/C22H21Cl2N5O4/c23-17-3-1-14(9-18(17)24)11-25-20(30)12-29-13-26-19-4-2-15(10-16(19)21(29)31)27-5-7-28(8-6-27)22(32)33/h1-4,9-10,13H,5-8,11-12H2,(H,25,30)(H,32,33). The van der Waals surface area contributed by atoms with Crippen molar-refractivity contribution in [3.05, 3.63) is 68.7 Å². The molecule has 2 N–H and O–H groups in total. The van der Waals surface area contributed by atoms with Crippen molar-refractivity contribution in [3.63, 3.8) is 0 Å². The molecule has 2 amide bonds. The number of nitrogens with one attached hydrogen (secondary N) is 1. The lowest BCUT2D eigenvalue weighted by Crippen LogP contribution is -2.48. The van der Waals surface area contributed by atoms with E-state index in [0.29, 0.717) is 47.1 Å². The second-order valence-electron chi connectivity index (χ2n) is 7.66. The van der Waals surface area contributed by atoms with Crippen LogP contribution >= 0.6 is 23.2 Å². The summed E-state index contributed by atoms with van der Waals surface area (Å²) in [5.41, 5.74) is 1.80. The number of carbonyl (C=O) groups is 2. The van der Waals surface area contributed by atoms with Crippen LogP contribution in [0.4, 0.5) is 10.5 Å². The van der Waals surface area contributed by atoms with E-state index in [1.54, 1.807) is 30.3 Å². The first-order valence-electron chi connectivity index (χ1n) is 10.2. The van der Waals surface area contributed by atoms with Gasteiger partial charge in [0.25, 0.3) is 5.56 Å². The highest BCUT2D eigenvalue weighted by Gasteiger charge is 2.21. The molecule has 0 radical (unpaired) electrons. The quantitative estimate of drug-likeness (QED) is 0.570. The molecule has 1 aliphatic heterocycles. The highest BCUT2D eigenvalue weighted by Crippen LogP contribution is 2.23. The Hall–Kier alpha value is -3.30. The third kappa shape index (κ3) is 5.20.